The molecule has 0 spiro atoms. The molecule has 2 unspecified atom stereocenters. The van der Waals surface area contributed by atoms with Crippen molar-refractivity contribution in [2.45, 2.75) is 33.2 Å². The Kier molecular flexibility index (Phi) is 4.86. The van der Waals surface area contributed by atoms with Crippen LogP contribution in [-0.4, -0.2) is 55.0 Å². The molecule has 1 saturated heterocycles. The molecule has 0 saturated carbocycles. The van der Waals surface area contributed by atoms with Gasteiger partial charge in [-0.05, 0) is 37.5 Å². The largest absolute Gasteiger partial charge is 0.354 e. The summed E-state index contributed by atoms with van der Waals surface area (Å²) < 4.78 is 3.79. The van der Waals surface area contributed by atoms with Crippen LogP contribution in [0.15, 0.2) is 30.6 Å². The lowest BCUT2D eigenvalue weighted by atomic mass is 10.1. The lowest BCUT2D eigenvalue weighted by Crippen LogP contribution is -2.40. The fourth-order valence-corrected chi connectivity index (χ4v) is 4.09. The van der Waals surface area contributed by atoms with Gasteiger partial charge in [-0.3, -0.25) is 14.0 Å². The van der Waals surface area contributed by atoms with Crippen molar-refractivity contribution >= 4 is 17.5 Å². The summed E-state index contributed by atoms with van der Waals surface area (Å²) in [5, 5.41) is 11.2. The third-order valence-corrected chi connectivity index (χ3v) is 5.82. The van der Waals surface area contributed by atoms with Gasteiger partial charge in [-0.1, -0.05) is 13.8 Å². The maximum Gasteiger partial charge on any atom is 0.255 e. The zero-order chi connectivity index (χ0) is 20.7. The minimum absolute atomic E-state index is 0.0439. The average Bonchev–Trinajstić information content (AvgIpc) is 3.38. The molecule has 1 fully saturated rings. The van der Waals surface area contributed by atoms with Crippen LogP contribution in [0.3, 0.4) is 0 Å². The van der Waals surface area contributed by atoms with Crippen LogP contribution in [0.4, 0.5) is 0 Å². The van der Waals surface area contributed by atoms with Crippen LogP contribution in [-0.2, 0) is 13.5 Å². The Morgan fingerprint density at radius 3 is 2.76 bits per heavy atom. The van der Waals surface area contributed by atoms with Gasteiger partial charge in [0.15, 0.2) is 5.65 Å². The standard InChI is InChI=1S/C21H26N6O2/c1-5-18-16(8-9-25(18)4)20(28)22-17-12-26(10-13(17)2)21(29)15-6-7-19-24-23-14(3)27(19)11-15/h6-9,11,13,17H,5,10,12H2,1-4H3,(H,22,28). The maximum atomic E-state index is 13.0. The Hall–Kier alpha value is -3.16. The molecule has 1 N–H and O–H groups in total. The average molecular weight is 394 g/mol. The number of nitrogens with one attached hydrogen (secondary N) is 1. The van der Waals surface area contributed by atoms with Gasteiger partial charge in [-0.15, -0.1) is 10.2 Å². The number of rotatable bonds is 4. The van der Waals surface area contributed by atoms with Crippen LogP contribution in [0, 0.1) is 12.8 Å². The summed E-state index contributed by atoms with van der Waals surface area (Å²) in [4.78, 5) is 27.6. The first kappa shape index (κ1) is 19.2. The molecular weight excluding hydrogens is 368 g/mol. The number of hydrogen-bond donors (Lipinski definition) is 1. The number of pyridine rings is 1. The number of carbonyl (C=O) groups is 2. The molecule has 0 bridgehead atoms. The number of amides is 2. The van der Waals surface area contributed by atoms with E-state index >= 15 is 0 Å². The van der Waals surface area contributed by atoms with Crippen molar-refractivity contribution in [3.8, 4) is 0 Å². The topological polar surface area (TPSA) is 84.5 Å². The second kappa shape index (κ2) is 7.35. The van der Waals surface area contributed by atoms with Crippen molar-refractivity contribution in [1.82, 2.24) is 29.4 Å². The molecule has 2 atom stereocenters. The summed E-state index contributed by atoms with van der Waals surface area (Å²) in [6.45, 7) is 7.07. The molecule has 0 aromatic carbocycles. The fraction of sp³-hybridized carbons (Fsp3) is 0.429. The Morgan fingerprint density at radius 2 is 2.00 bits per heavy atom. The van der Waals surface area contributed by atoms with Crippen molar-refractivity contribution in [3.63, 3.8) is 0 Å². The quantitative estimate of drug-likeness (QED) is 0.732. The molecular formula is C21H26N6O2. The van der Waals surface area contributed by atoms with E-state index in [1.165, 1.54) is 0 Å². The van der Waals surface area contributed by atoms with E-state index in [2.05, 4.69) is 22.4 Å². The Morgan fingerprint density at radius 1 is 1.21 bits per heavy atom. The van der Waals surface area contributed by atoms with Crippen molar-refractivity contribution < 1.29 is 9.59 Å². The van der Waals surface area contributed by atoms with E-state index < -0.39 is 0 Å². The molecule has 8 heteroatoms. The van der Waals surface area contributed by atoms with Crippen LogP contribution in [0.5, 0.6) is 0 Å². The molecule has 3 aromatic heterocycles. The summed E-state index contributed by atoms with van der Waals surface area (Å²) in [5.74, 6) is 0.800. The highest BCUT2D eigenvalue weighted by Crippen LogP contribution is 2.21. The first-order valence-corrected chi connectivity index (χ1v) is 9.94. The molecule has 0 aliphatic carbocycles. The first-order valence-electron chi connectivity index (χ1n) is 9.94. The Balaban J connectivity index is 1.48. The van der Waals surface area contributed by atoms with Crippen LogP contribution >= 0.6 is 0 Å². The lowest BCUT2D eigenvalue weighted by molar-refractivity contribution is 0.0780. The van der Waals surface area contributed by atoms with Crippen LogP contribution in [0.2, 0.25) is 0 Å². The lowest BCUT2D eigenvalue weighted by Gasteiger charge is -2.18. The number of hydrogen-bond acceptors (Lipinski definition) is 4. The number of nitrogens with zero attached hydrogens (tertiary/aromatic N) is 5. The molecule has 152 valence electrons. The fourth-order valence-electron chi connectivity index (χ4n) is 4.09. The van der Waals surface area contributed by atoms with Gasteiger partial charge in [0.1, 0.15) is 5.82 Å². The maximum absolute atomic E-state index is 13.0. The minimum atomic E-state index is -0.0740. The smallest absolute Gasteiger partial charge is 0.255 e. The predicted octanol–water partition coefficient (Wildman–Crippen LogP) is 1.83. The van der Waals surface area contributed by atoms with E-state index in [-0.39, 0.29) is 23.8 Å². The second-order valence-corrected chi connectivity index (χ2v) is 7.80. The molecule has 3 aromatic rings. The summed E-state index contributed by atoms with van der Waals surface area (Å²) in [5.41, 5.74) is 3.03. The number of aromatic nitrogens is 4. The molecule has 0 radical (unpaired) electrons. The molecule has 1 aliphatic rings. The zero-order valence-corrected chi connectivity index (χ0v) is 17.2. The summed E-state index contributed by atoms with van der Waals surface area (Å²) in [6.07, 6.45) is 4.48. The van der Waals surface area contributed by atoms with E-state index in [1.807, 2.05) is 47.0 Å². The molecule has 8 nitrogen and oxygen atoms in total. The van der Waals surface area contributed by atoms with E-state index in [9.17, 15) is 9.59 Å². The highest BCUT2D eigenvalue weighted by atomic mass is 16.2. The third kappa shape index (κ3) is 3.39. The Bertz CT molecular complexity index is 1080. The van der Waals surface area contributed by atoms with Gasteiger partial charge in [0, 0.05) is 38.2 Å². The normalized spacial score (nSPS) is 19.1. The van der Waals surface area contributed by atoms with Crippen molar-refractivity contribution in [3.05, 3.63) is 53.2 Å². The number of carbonyl (C=O) groups excluding carboxylic acids is 2. The number of fused-ring (bicyclic) bond motifs is 1. The Labute approximate surface area is 169 Å². The van der Waals surface area contributed by atoms with Gasteiger partial charge >= 0.3 is 0 Å². The third-order valence-electron chi connectivity index (χ3n) is 5.82. The van der Waals surface area contributed by atoms with Gasteiger partial charge in [-0.25, -0.2) is 0 Å². The summed E-state index contributed by atoms with van der Waals surface area (Å²) in [6, 6.07) is 5.36. The summed E-state index contributed by atoms with van der Waals surface area (Å²) in [7, 11) is 1.95. The monoisotopic (exact) mass is 394 g/mol. The van der Waals surface area contributed by atoms with Gasteiger partial charge in [0.25, 0.3) is 11.8 Å². The summed E-state index contributed by atoms with van der Waals surface area (Å²) >= 11 is 0. The van der Waals surface area contributed by atoms with Crippen molar-refractivity contribution in [2.75, 3.05) is 13.1 Å². The van der Waals surface area contributed by atoms with Crippen LogP contribution in [0.25, 0.3) is 5.65 Å². The van der Waals surface area contributed by atoms with Crippen molar-refractivity contribution in [1.29, 1.82) is 0 Å². The van der Waals surface area contributed by atoms with E-state index in [4.69, 9.17) is 0 Å². The molecule has 4 rings (SSSR count). The number of likely N-dealkylation sites (tertiary alicyclic amines) is 1. The zero-order valence-electron chi connectivity index (χ0n) is 17.2. The van der Waals surface area contributed by atoms with E-state index in [1.54, 1.807) is 18.3 Å². The molecule has 2 amide bonds. The van der Waals surface area contributed by atoms with E-state index in [0.29, 0.717) is 29.9 Å². The van der Waals surface area contributed by atoms with Crippen molar-refractivity contribution in [2.24, 2.45) is 13.0 Å². The van der Waals surface area contributed by atoms with Crippen LogP contribution < -0.4 is 5.32 Å². The molecule has 4 heterocycles. The van der Waals surface area contributed by atoms with Gasteiger partial charge in [0.05, 0.1) is 17.2 Å². The molecule has 1 aliphatic heterocycles. The van der Waals surface area contributed by atoms with Gasteiger partial charge in [0.2, 0.25) is 0 Å². The number of aryl methyl sites for hydroxylation is 2. The SMILES string of the molecule is CCc1c(C(=O)NC2CN(C(=O)c3ccc4nnc(C)n4c3)CC2C)ccn1C. The molecule has 29 heavy (non-hydrogen) atoms. The van der Waals surface area contributed by atoms with E-state index in [0.717, 1.165) is 17.9 Å². The van der Waals surface area contributed by atoms with Gasteiger partial charge in [-0.2, -0.15) is 0 Å². The second-order valence-electron chi connectivity index (χ2n) is 7.80. The van der Waals surface area contributed by atoms with Crippen LogP contribution in [0.1, 0.15) is 46.1 Å². The minimum Gasteiger partial charge on any atom is -0.354 e. The highest BCUT2D eigenvalue weighted by Gasteiger charge is 2.34. The first-order chi connectivity index (χ1) is 13.9. The van der Waals surface area contributed by atoms with Gasteiger partial charge < -0.3 is 14.8 Å². The predicted molar refractivity (Wildman–Crippen MR) is 109 cm³/mol. The highest BCUT2D eigenvalue weighted by molar-refractivity contribution is 5.96.